The lowest BCUT2D eigenvalue weighted by Crippen LogP contribution is -2.23. The number of carbonyl (C=O) groups excluding carboxylic acids is 1. The summed E-state index contributed by atoms with van der Waals surface area (Å²) in [6, 6.07) is 10.2. The highest BCUT2D eigenvalue weighted by molar-refractivity contribution is 9.10. The number of carboxylic acids is 1. The van der Waals surface area contributed by atoms with Crippen LogP contribution in [0.1, 0.15) is 28.4 Å². The van der Waals surface area contributed by atoms with Gasteiger partial charge in [-0.15, -0.1) is 0 Å². The van der Waals surface area contributed by atoms with Crippen molar-refractivity contribution in [1.29, 1.82) is 0 Å². The number of hydrogen-bond acceptors (Lipinski definition) is 4. The fourth-order valence-electron chi connectivity index (χ4n) is 2.63. The zero-order valence-electron chi connectivity index (χ0n) is 15.0. The maximum absolute atomic E-state index is 13.0. The Morgan fingerprint density at radius 3 is 2.68 bits per heavy atom. The van der Waals surface area contributed by atoms with E-state index < -0.39 is 12.1 Å². The molecule has 8 heteroatoms. The summed E-state index contributed by atoms with van der Waals surface area (Å²) >= 11 is 9.33. The average molecular weight is 464 g/mol. The first kappa shape index (κ1) is 20.1. The molecular formula is C20H16BrClN2O4. The van der Waals surface area contributed by atoms with Crippen molar-refractivity contribution in [3.63, 3.8) is 0 Å². The van der Waals surface area contributed by atoms with Crippen molar-refractivity contribution < 1.29 is 19.4 Å². The van der Waals surface area contributed by atoms with E-state index in [0.29, 0.717) is 15.1 Å². The zero-order valence-corrected chi connectivity index (χ0v) is 17.4. The Balaban J connectivity index is 1.96. The van der Waals surface area contributed by atoms with Crippen molar-refractivity contribution in [2.75, 3.05) is 0 Å². The van der Waals surface area contributed by atoms with E-state index in [1.54, 1.807) is 35.1 Å². The topological polar surface area (TPSA) is 81.4 Å². The van der Waals surface area contributed by atoms with E-state index in [-0.39, 0.29) is 17.1 Å². The number of benzene rings is 2. The van der Waals surface area contributed by atoms with E-state index in [9.17, 15) is 9.59 Å². The Hall–Kier alpha value is -2.64. The largest absolute Gasteiger partial charge is 0.479 e. The standard InChI is InChI=1S/C20H16BrClN2O4/c1-11-7-15(22)4-5-17(11)24-10-13(9-23-24)19(25)16-8-14(21)3-6-18(16)28-12(2)20(26)27/h3-10,12H,1-2H3,(H,26,27). The van der Waals surface area contributed by atoms with Crippen molar-refractivity contribution in [2.45, 2.75) is 20.0 Å². The molecule has 1 unspecified atom stereocenters. The fraction of sp³-hybridized carbons (Fsp3) is 0.150. The summed E-state index contributed by atoms with van der Waals surface area (Å²) in [5.74, 6) is -1.25. The minimum absolute atomic E-state index is 0.193. The van der Waals surface area contributed by atoms with Gasteiger partial charge in [0.1, 0.15) is 5.75 Å². The third-order valence-corrected chi connectivity index (χ3v) is 4.82. The Bertz CT molecular complexity index is 1060. The molecule has 0 amide bonds. The molecule has 3 rings (SSSR count). The van der Waals surface area contributed by atoms with Crippen molar-refractivity contribution in [1.82, 2.24) is 9.78 Å². The monoisotopic (exact) mass is 462 g/mol. The lowest BCUT2D eigenvalue weighted by atomic mass is 10.1. The molecule has 1 heterocycles. The number of aromatic nitrogens is 2. The van der Waals surface area contributed by atoms with Gasteiger partial charge in [-0.05, 0) is 55.8 Å². The SMILES string of the molecule is Cc1cc(Cl)ccc1-n1cc(C(=O)c2cc(Br)ccc2OC(C)C(=O)O)cn1. The lowest BCUT2D eigenvalue weighted by Gasteiger charge is -2.14. The molecule has 0 fully saturated rings. The highest BCUT2D eigenvalue weighted by Gasteiger charge is 2.21. The second-order valence-corrected chi connectivity index (χ2v) is 7.52. The van der Waals surface area contributed by atoms with Crippen LogP contribution in [0.25, 0.3) is 5.69 Å². The van der Waals surface area contributed by atoms with Gasteiger partial charge in [0.25, 0.3) is 0 Å². The predicted molar refractivity (Wildman–Crippen MR) is 109 cm³/mol. The molecule has 0 aliphatic carbocycles. The van der Waals surface area contributed by atoms with E-state index in [1.165, 1.54) is 13.1 Å². The van der Waals surface area contributed by atoms with Crippen molar-refractivity contribution in [3.8, 4) is 11.4 Å². The van der Waals surface area contributed by atoms with Gasteiger partial charge < -0.3 is 9.84 Å². The second kappa shape index (κ2) is 8.16. The Kier molecular flexibility index (Phi) is 5.86. The number of carbonyl (C=O) groups is 2. The normalized spacial score (nSPS) is 11.9. The molecule has 6 nitrogen and oxygen atoms in total. The Labute approximate surface area is 174 Å². The minimum Gasteiger partial charge on any atom is -0.479 e. The van der Waals surface area contributed by atoms with Gasteiger partial charge in [-0.2, -0.15) is 5.10 Å². The number of rotatable bonds is 6. The molecule has 1 atom stereocenters. The third-order valence-electron chi connectivity index (χ3n) is 4.09. The van der Waals surface area contributed by atoms with Gasteiger partial charge in [0, 0.05) is 15.7 Å². The summed E-state index contributed by atoms with van der Waals surface area (Å²) in [5, 5.41) is 14.0. The maximum Gasteiger partial charge on any atom is 0.344 e. The van der Waals surface area contributed by atoms with Gasteiger partial charge in [0.15, 0.2) is 11.9 Å². The van der Waals surface area contributed by atoms with Crippen LogP contribution in [0.3, 0.4) is 0 Å². The summed E-state index contributed by atoms with van der Waals surface area (Å²) in [6.07, 6.45) is 1.98. The molecule has 3 aromatic rings. The predicted octanol–water partition coefficient (Wildman–Crippen LogP) is 4.68. The summed E-state index contributed by atoms with van der Waals surface area (Å²) < 4.78 is 7.71. The van der Waals surface area contributed by atoms with Crippen LogP contribution in [0.2, 0.25) is 5.02 Å². The van der Waals surface area contributed by atoms with Crippen LogP contribution < -0.4 is 4.74 Å². The Morgan fingerprint density at radius 1 is 1.25 bits per heavy atom. The quantitative estimate of drug-likeness (QED) is 0.537. The zero-order chi connectivity index (χ0) is 20.4. The van der Waals surface area contributed by atoms with Gasteiger partial charge >= 0.3 is 5.97 Å². The molecule has 0 bridgehead atoms. The first-order valence-corrected chi connectivity index (χ1v) is 9.48. The summed E-state index contributed by atoms with van der Waals surface area (Å²) in [7, 11) is 0. The van der Waals surface area contributed by atoms with Crippen LogP contribution in [0.15, 0.2) is 53.3 Å². The van der Waals surface area contributed by atoms with Gasteiger partial charge in [-0.25, -0.2) is 9.48 Å². The molecule has 1 N–H and O–H groups in total. The van der Waals surface area contributed by atoms with Gasteiger partial charge in [0.05, 0.1) is 23.0 Å². The molecular weight excluding hydrogens is 448 g/mol. The summed E-state index contributed by atoms with van der Waals surface area (Å²) in [6.45, 7) is 3.30. The number of aryl methyl sites for hydroxylation is 1. The van der Waals surface area contributed by atoms with Crippen LogP contribution in [0, 0.1) is 6.92 Å². The molecule has 28 heavy (non-hydrogen) atoms. The first-order chi connectivity index (χ1) is 13.3. The van der Waals surface area contributed by atoms with Gasteiger partial charge in [-0.1, -0.05) is 27.5 Å². The van der Waals surface area contributed by atoms with Crippen molar-refractivity contribution in [2.24, 2.45) is 0 Å². The number of halogens is 2. The van der Waals surface area contributed by atoms with Gasteiger partial charge in [-0.3, -0.25) is 4.79 Å². The maximum atomic E-state index is 13.0. The molecule has 0 saturated heterocycles. The van der Waals surface area contributed by atoms with Crippen LogP contribution in [-0.4, -0.2) is 32.7 Å². The average Bonchev–Trinajstić information content (AvgIpc) is 3.12. The van der Waals surface area contributed by atoms with Crippen LogP contribution in [0.4, 0.5) is 0 Å². The van der Waals surface area contributed by atoms with Gasteiger partial charge in [0.2, 0.25) is 0 Å². The van der Waals surface area contributed by atoms with E-state index >= 15 is 0 Å². The molecule has 0 aliphatic heterocycles. The second-order valence-electron chi connectivity index (χ2n) is 6.17. The molecule has 0 aliphatic rings. The first-order valence-electron chi connectivity index (χ1n) is 8.31. The number of aliphatic carboxylic acids is 1. The van der Waals surface area contributed by atoms with E-state index in [0.717, 1.165) is 11.3 Å². The molecule has 0 radical (unpaired) electrons. The number of nitrogens with zero attached hydrogens (tertiary/aromatic N) is 2. The summed E-state index contributed by atoms with van der Waals surface area (Å²) in [4.78, 5) is 24.1. The van der Waals surface area contributed by atoms with Crippen LogP contribution >= 0.6 is 27.5 Å². The molecule has 2 aromatic carbocycles. The smallest absolute Gasteiger partial charge is 0.344 e. The summed E-state index contributed by atoms with van der Waals surface area (Å²) in [5.41, 5.74) is 2.31. The number of hydrogen-bond donors (Lipinski definition) is 1. The highest BCUT2D eigenvalue weighted by Crippen LogP contribution is 2.27. The van der Waals surface area contributed by atoms with Crippen molar-refractivity contribution in [3.05, 3.63) is 75.0 Å². The van der Waals surface area contributed by atoms with Crippen LogP contribution in [-0.2, 0) is 4.79 Å². The number of ketones is 1. The van der Waals surface area contributed by atoms with Crippen molar-refractivity contribution >= 4 is 39.3 Å². The molecule has 144 valence electrons. The Morgan fingerprint density at radius 2 is 2.00 bits per heavy atom. The molecule has 1 aromatic heterocycles. The molecule has 0 saturated carbocycles. The minimum atomic E-state index is -1.12. The number of carboxylic acid groups (broad SMARTS) is 1. The van der Waals surface area contributed by atoms with E-state index in [4.69, 9.17) is 21.4 Å². The van der Waals surface area contributed by atoms with Crippen LogP contribution in [0.5, 0.6) is 5.75 Å². The fourth-order valence-corrected chi connectivity index (χ4v) is 3.21. The third kappa shape index (κ3) is 4.26. The lowest BCUT2D eigenvalue weighted by molar-refractivity contribution is -0.144. The highest BCUT2D eigenvalue weighted by atomic mass is 79.9. The number of ether oxygens (including phenoxy) is 1. The molecule has 0 spiro atoms. The van der Waals surface area contributed by atoms with E-state index in [2.05, 4.69) is 21.0 Å². The van der Waals surface area contributed by atoms with E-state index in [1.807, 2.05) is 19.1 Å².